The van der Waals surface area contributed by atoms with Crippen LogP contribution in [-0.4, -0.2) is 51.9 Å². The molecule has 8 heteroatoms. The van der Waals surface area contributed by atoms with Gasteiger partial charge in [0.05, 0.1) is 17.8 Å². The molecule has 5 rings (SSSR count). The van der Waals surface area contributed by atoms with Crippen LogP contribution in [0.3, 0.4) is 0 Å². The van der Waals surface area contributed by atoms with Crippen LogP contribution in [0.25, 0.3) is 5.65 Å². The molecule has 2 amide bonds. The van der Waals surface area contributed by atoms with Crippen LogP contribution in [0.4, 0.5) is 5.82 Å². The lowest BCUT2D eigenvalue weighted by Gasteiger charge is -2.50. The molecule has 8 nitrogen and oxygen atoms in total. The minimum Gasteiger partial charge on any atom is -0.354 e. The average Bonchev–Trinajstić information content (AvgIpc) is 3.22. The second-order valence-electron chi connectivity index (χ2n) is 8.18. The summed E-state index contributed by atoms with van der Waals surface area (Å²) in [4.78, 5) is 36.3. The van der Waals surface area contributed by atoms with Crippen LogP contribution < -0.4 is 15.5 Å². The van der Waals surface area contributed by atoms with Gasteiger partial charge in [-0.05, 0) is 24.8 Å². The SMILES string of the molecule is O=C1NCCCC1NC(=O)C1(Cc2ccccc2)CN(c2cncc3nccn23)C1. The summed E-state index contributed by atoms with van der Waals surface area (Å²) in [7, 11) is 0. The first-order valence-electron chi connectivity index (χ1n) is 10.3. The van der Waals surface area contributed by atoms with E-state index in [1.807, 2.05) is 40.9 Å². The minimum absolute atomic E-state index is 0.0598. The van der Waals surface area contributed by atoms with Crippen LogP contribution in [0.2, 0.25) is 0 Å². The third-order valence-corrected chi connectivity index (χ3v) is 6.06. The molecular formula is C22H24N6O2. The molecule has 4 heterocycles. The Morgan fingerprint density at radius 1 is 1.23 bits per heavy atom. The molecule has 1 atom stereocenters. The zero-order valence-electron chi connectivity index (χ0n) is 16.6. The summed E-state index contributed by atoms with van der Waals surface area (Å²) in [5.74, 6) is 0.764. The third-order valence-electron chi connectivity index (χ3n) is 6.06. The number of benzene rings is 1. The second kappa shape index (κ2) is 7.44. The lowest BCUT2D eigenvalue weighted by atomic mass is 9.73. The predicted molar refractivity (Wildman–Crippen MR) is 112 cm³/mol. The van der Waals surface area contributed by atoms with Gasteiger partial charge in [0, 0.05) is 32.0 Å². The highest BCUT2D eigenvalue weighted by Crippen LogP contribution is 2.38. The Kier molecular flexibility index (Phi) is 4.61. The fraction of sp³-hybridized carbons (Fsp3) is 0.364. The van der Waals surface area contributed by atoms with Crippen molar-refractivity contribution in [3.05, 3.63) is 60.7 Å². The highest BCUT2D eigenvalue weighted by molar-refractivity contribution is 5.92. The molecule has 2 fully saturated rings. The molecule has 0 saturated carbocycles. The van der Waals surface area contributed by atoms with Gasteiger partial charge in [0.1, 0.15) is 11.9 Å². The molecule has 2 saturated heterocycles. The third kappa shape index (κ3) is 3.28. The zero-order chi connectivity index (χ0) is 20.6. The van der Waals surface area contributed by atoms with Crippen molar-refractivity contribution in [2.24, 2.45) is 5.41 Å². The Balaban J connectivity index is 1.39. The van der Waals surface area contributed by atoms with E-state index in [0.29, 0.717) is 32.5 Å². The van der Waals surface area contributed by atoms with Gasteiger partial charge in [-0.15, -0.1) is 0 Å². The molecule has 0 bridgehead atoms. The lowest BCUT2D eigenvalue weighted by molar-refractivity contribution is -0.137. The topological polar surface area (TPSA) is 91.6 Å². The Hall–Kier alpha value is -3.42. The molecule has 2 aromatic heterocycles. The first-order chi connectivity index (χ1) is 14.6. The van der Waals surface area contributed by atoms with Crippen molar-refractivity contribution in [2.45, 2.75) is 25.3 Å². The second-order valence-corrected chi connectivity index (χ2v) is 8.18. The van der Waals surface area contributed by atoms with Crippen LogP contribution in [0, 0.1) is 5.41 Å². The number of nitrogens with zero attached hydrogens (tertiary/aromatic N) is 4. The summed E-state index contributed by atoms with van der Waals surface area (Å²) in [6.07, 6.45) is 9.34. The Morgan fingerprint density at radius 3 is 2.87 bits per heavy atom. The van der Waals surface area contributed by atoms with Crippen LogP contribution in [0.15, 0.2) is 55.1 Å². The largest absolute Gasteiger partial charge is 0.354 e. The fourth-order valence-corrected chi connectivity index (χ4v) is 4.46. The number of aromatic nitrogens is 3. The van der Waals surface area contributed by atoms with Gasteiger partial charge in [-0.3, -0.25) is 19.0 Å². The van der Waals surface area contributed by atoms with E-state index in [2.05, 4.69) is 25.5 Å². The molecule has 2 aliphatic heterocycles. The van der Waals surface area contributed by atoms with Gasteiger partial charge in [-0.25, -0.2) is 4.98 Å². The van der Waals surface area contributed by atoms with E-state index in [4.69, 9.17) is 0 Å². The van der Waals surface area contributed by atoms with Crippen molar-refractivity contribution in [3.8, 4) is 0 Å². The molecule has 0 spiro atoms. The van der Waals surface area contributed by atoms with Crippen molar-refractivity contribution >= 4 is 23.3 Å². The maximum absolute atomic E-state index is 13.4. The first kappa shape index (κ1) is 18.6. The summed E-state index contributed by atoms with van der Waals surface area (Å²) in [5.41, 5.74) is 1.29. The van der Waals surface area contributed by atoms with E-state index in [1.54, 1.807) is 18.6 Å². The van der Waals surface area contributed by atoms with Crippen LogP contribution in [0.1, 0.15) is 18.4 Å². The molecule has 3 aromatic rings. The summed E-state index contributed by atoms with van der Waals surface area (Å²) in [5, 5.41) is 5.87. The minimum atomic E-state index is -0.595. The highest BCUT2D eigenvalue weighted by atomic mass is 16.2. The molecule has 30 heavy (non-hydrogen) atoms. The number of carbonyl (C=O) groups excluding carboxylic acids is 2. The molecule has 1 unspecified atom stereocenters. The van der Waals surface area contributed by atoms with E-state index < -0.39 is 11.5 Å². The summed E-state index contributed by atoms with van der Waals surface area (Å²) in [6, 6.07) is 9.59. The Bertz CT molecular complexity index is 1070. The van der Waals surface area contributed by atoms with Crippen molar-refractivity contribution < 1.29 is 9.59 Å². The van der Waals surface area contributed by atoms with Crippen LogP contribution in [-0.2, 0) is 16.0 Å². The number of amides is 2. The number of fused-ring (bicyclic) bond motifs is 1. The number of rotatable bonds is 5. The van der Waals surface area contributed by atoms with Crippen molar-refractivity contribution in [1.82, 2.24) is 25.0 Å². The molecule has 0 aliphatic carbocycles. The number of imidazole rings is 1. The maximum atomic E-state index is 13.4. The maximum Gasteiger partial charge on any atom is 0.242 e. The van der Waals surface area contributed by atoms with E-state index in [1.165, 1.54) is 0 Å². The lowest BCUT2D eigenvalue weighted by Crippen LogP contribution is -2.66. The molecule has 2 N–H and O–H groups in total. The standard InChI is InChI=1S/C22H24N6O2/c29-20-17(7-4-8-25-20)26-21(30)22(11-16-5-2-1-3-6-16)14-27(15-22)19-13-23-12-18-24-9-10-28(18)19/h1-3,5-6,9-10,12-13,17H,4,7-8,11,14-15H2,(H,25,29)(H,26,30). The van der Waals surface area contributed by atoms with Gasteiger partial charge < -0.3 is 15.5 Å². The van der Waals surface area contributed by atoms with Crippen molar-refractivity contribution in [3.63, 3.8) is 0 Å². The normalized spacial score (nSPS) is 20.5. The highest BCUT2D eigenvalue weighted by Gasteiger charge is 2.50. The number of hydrogen-bond donors (Lipinski definition) is 2. The van der Waals surface area contributed by atoms with Gasteiger partial charge in [0.15, 0.2) is 5.65 Å². The Morgan fingerprint density at radius 2 is 2.07 bits per heavy atom. The summed E-state index contributed by atoms with van der Waals surface area (Å²) in [6.45, 7) is 1.79. The van der Waals surface area contributed by atoms with Crippen LogP contribution in [0.5, 0.6) is 0 Å². The van der Waals surface area contributed by atoms with Gasteiger partial charge in [0.25, 0.3) is 0 Å². The van der Waals surface area contributed by atoms with Crippen molar-refractivity contribution in [1.29, 1.82) is 0 Å². The van der Waals surface area contributed by atoms with Gasteiger partial charge in [0.2, 0.25) is 11.8 Å². The van der Waals surface area contributed by atoms with Gasteiger partial charge in [-0.1, -0.05) is 30.3 Å². The summed E-state index contributed by atoms with van der Waals surface area (Å²) < 4.78 is 1.98. The molecular weight excluding hydrogens is 380 g/mol. The molecule has 1 aromatic carbocycles. The monoisotopic (exact) mass is 404 g/mol. The predicted octanol–water partition coefficient (Wildman–Crippen LogP) is 1.17. The molecule has 154 valence electrons. The molecule has 0 radical (unpaired) electrons. The van der Waals surface area contributed by atoms with E-state index in [0.717, 1.165) is 23.4 Å². The van der Waals surface area contributed by atoms with E-state index in [-0.39, 0.29) is 11.8 Å². The van der Waals surface area contributed by atoms with Crippen molar-refractivity contribution in [2.75, 3.05) is 24.5 Å². The van der Waals surface area contributed by atoms with Crippen LogP contribution >= 0.6 is 0 Å². The zero-order valence-corrected chi connectivity index (χ0v) is 16.6. The van der Waals surface area contributed by atoms with E-state index in [9.17, 15) is 9.59 Å². The van der Waals surface area contributed by atoms with E-state index >= 15 is 0 Å². The number of piperidine rings is 1. The number of anilines is 1. The number of nitrogens with one attached hydrogen (secondary N) is 2. The number of carbonyl (C=O) groups is 2. The van der Waals surface area contributed by atoms with Gasteiger partial charge in [-0.2, -0.15) is 0 Å². The molecule has 2 aliphatic rings. The smallest absolute Gasteiger partial charge is 0.242 e. The Labute approximate surface area is 174 Å². The quantitative estimate of drug-likeness (QED) is 0.666. The summed E-state index contributed by atoms with van der Waals surface area (Å²) >= 11 is 0. The first-order valence-corrected chi connectivity index (χ1v) is 10.3. The average molecular weight is 404 g/mol. The number of hydrogen-bond acceptors (Lipinski definition) is 5. The van der Waals surface area contributed by atoms with Gasteiger partial charge >= 0.3 is 0 Å². The fourth-order valence-electron chi connectivity index (χ4n) is 4.46.